The number of carboxylic acids is 1. The van der Waals surface area contributed by atoms with Gasteiger partial charge in [0, 0.05) is 13.6 Å². The molecule has 23 heavy (non-hydrogen) atoms. The first-order valence-corrected chi connectivity index (χ1v) is 7.21. The van der Waals surface area contributed by atoms with E-state index in [4.69, 9.17) is 0 Å². The van der Waals surface area contributed by atoms with E-state index in [-0.39, 0.29) is 25.4 Å². The van der Waals surface area contributed by atoms with Gasteiger partial charge in [-0.15, -0.1) is 0 Å². The molecule has 2 aromatic rings. The zero-order chi connectivity index (χ0) is 16.6. The maximum atomic E-state index is 13.2. The number of amides is 1. The molecule has 1 aromatic carbocycles. The van der Waals surface area contributed by atoms with Crippen LogP contribution in [0.3, 0.4) is 0 Å². The molecule has 6 nitrogen and oxygen atoms in total. The number of rotatable bonds is 3. The minimum Gasteiger partial charge on any atom is -0.481 e. The van der Waals surface area contributed by atoms with Crippen molar-refractivity contribution in [2.24, 2.45) is 7.05 Å². The molecule has 0 saturated carbocycles. The SMILES string of the molecule is Cn1cnc2c1C(C(=O)O)CN(C(=O)Cc1cccc(F)c1)C2. The molecule has 7 heteroatoms. The number of imidazole rings is 1. The summed E-state index contributed by atoms with van der Waals surface area (Å²) in [5.74, 6) is -2.43. The van der Waals surface area contributed by atoms with E-state index < -0.39 is 17.7 Å². The smallest absolute Gasteiger partial charge is 0.314 e. The van der Waals surface area contributed by atoms with Crippen LogP contribution in [0.1, 0.15) is 22.9 Å². The molecule has 1 N–H and O–H groups in total. The van der Waals surface area contributed by atoms with Gasteiger partial charge in [0.25, 0.3) is 0 Å². The van der Waals surface area contributed by atoms with Crippen LogP contribution in [-0.4, -0.2) is 38.0 Å². The molecule has 1 aromatic heterocycles. The summed E-state index contributed by atoms with van der Waals surface area (Å²) in [6.07, 6.45) is 1.59. The lowest BCUT2D eigenvalue weighted by Crippen LogP contribution is -2.42. The van der Waals surface area contributed by atoms with Crippen molar-refractivity contribution in [3.8, 4) is 0 Å². The third-order valence-electron chi connectivity index (χ3n) is 4.03. The third kappa shape index (κ3) is 2.94. The topological polar surface area (TPSA) is 75.4 Å². The van der Waals surface area contributed by atoms with Gasteiger partial charge >= 0.3 is 5.97 Å². The second kappa shape index (κ2) is 5.83. The molecule has 1 amide bonds. The first-order valence-electron chi connectivity index (χ1n) is 7.21. The van der Waals surface area contributed by atoms with E-state index >= 15 is 0 Å². The standard InChI is InChI=1S/C16H16FN3O3/c1-19-9-18-13-8-20(7-12(15(13)19)16(22)23)14(21)6-10-3-2-4-11(17)5-10/h2-5,9,12H,6-8H2,1H3,(H,22,23). The first-order chi connectivity index (χ1) is 11.0. The van der Waals surface area contributed by atoms with Crippen molar-refractivity contribution in [3.63, 3.8) is 0 Å². The number of hydrogen-bond acceptors (Lipinski definition) is 3. The van der Waals surface area contributed by atoms with Crippen molar-refractivity contribution in [1.29, 1.82) is 0 Å². The number of carboxylic acid groups (broad SMARTS) is 1. The van der Waals surface area contributed by atoms with E-state index in [0.29, 0.717) is 17.0 Å². The van der Waals surface area contributed by atoms with Crippen LogP contribution in [0, 0.1) is 5.82 Å². The average Bonchev–Trinajstić information content (AvgIpc) is 2.88. The first kappa shape index (κ1) is 15.2. The quantitative estimate of drug-likeness (QED) is 0.926. The Balaban J connectivity index is 1.81. The number of fused-ring (bicyclic) bond motifs is 1. The summed E-state index contributed by atoms with van der Waals surface area (Å²) < 4.78 is 14.9. The van der Waals surface area contributed by atoms with Crippen molar-refractivity contribution in [2.75, 3.05) is 6.54 Å². The lowest BCUT2D eigenvalue weighted by Gasteiger charge is -2.31. The maximum Gasteiger partial charge on any atom is 0.314 e. The fourth-order valence-corrected chi connectivity index (χ4v) is 2.93. The molecule has 0 spiro atoms. The predicted molar refractivity (Wildman–Crippen MR) is 79.1 cm³/mol. The second-order valence-corrected chi connectivity index (χ2v) is 5.66. The van der Waals surface area contributed by atoms with Gasteiger partial charge in [-0.05, 0) is 17.7 Å². The van der Waals surface area contributed by atoms with Crippen molar-refractivity contribution in [3.05, 3.63) is 53.4 Å². The van der Waals surface area contributed by atoms with Crippen LogP contribution >= 0.6 is 0 Å². The van der Waals surface area contributed by atoms with Crippen LogP contribution in [0.2, 0.25) is 0 Å². The van der Waals surface area contributed by atoms with Crippen molar-refractivity contribution < 1.29 is 19.1 Å². The van der Waals surface area contributed by atoms with Crippen LogP contribution < -0.4 is 0 Å². The Hall–Kier alpha value is -2.70. The van der Waals surface area contributed by atoms with E-state index in [1.54, 1.807) is 30.1 Å². The van der Waals surface area contributed by atoms with Crippen molar-refractivity contribution >= 4 is 11.9 Å². The summed E-state index contributed by atoms with van der Waals surface area (Å²) in [7, 11) is 1.74. The molecule has 1 unspecified atom stereocenters. The molecular formula is C16H16FN3O3. The van der Waals surface area contributed by atoms with Gasteiger partial charge in [-0.2, -0.15) is 0 Å². The van der Waals surface area contributed by atoms with E-state index in [9.17, 15) is 19.1 Å². The van der Waals surface area contributed by atoms with Crippen LogP contribution in [0.25, 0.3) is 0 Å². The van der Waals surface area contributed by atoms with Crippen LogP contribution in [0.5, 0.6) is 0 Å². The van der Waals surface area contributed by atoms with Gasteiger partial charge in [0.05, 0.1) is 30.7 Å². The third-order valence-corrected chi connectivity index (χ3v) is 4.03. The highest BCUT2D eigenvalue weighted by Crippen LogP contribution is 2.28. The molecule has 1 atom stereocenters. The molecule has 0 saturated heterocycles. The lowest BCUT2D eigenvalue weighted by molar-refractivity contribution is -0.141. The van der Waals surface area contributed by atoms with E-state index in [2.05, 4.69) is 4.98 Å². The minimum atomic E-state index is -0.988. The fraction of sp³-hybridized carbons (Fsp3) is 0.312. The summed E-state index contributed by atoms with van der Waals surface area (Å²) in [6.45, 7) is 0.365. The molecule has 1 aliphatic heterocycles. The van der Waals surface area contributed by atoms with Crippen LogP contribution in [0.4, 0.5) is 4.39 Å². The highest BCUT2D eigenvalue weighted by Gasteiger charge is 2.35. The van der Waals surface area contributed by atoms with Gasteiger partial charge < -0.3 is 14.6 Å². The zero-order valence-electron chi connectivity index (χ0n) is 12.6. The largest absolute Gasteiger partial charge is 0.481 e. The molecule has 0 radical (unpaired) electrons. The number of aliphatic carboxylic acids is 1. The highest BCUT2D eigenvalue weighted by atomic mass is 19.1. The Morgan fingerprint density at radius 1 is 1.43 bits per heavy atom. The Morgan fingerprint density at radius 2 is 2.22 bits per heavy atom. The van der Waals surface area contributed by atoms with E-state index in [1.165, 1.54) is 17.0 Å². The maximum absolute atomic E-state index is 13.2. The molecular weight excluding hydrogens is 301 g/mol. The number of carbonyl (C=O) groups is 2. The Kier molecular flexibility index (Phi) is 3.85. The lowest BCUT2D eigenvalue weighted by atomic mass is 9.97. The fourth-order valence-electron chi connectivity index (χ4n) is 2.93. The molecule has 0 fully saturated rings. The summed E-state index contributed by atoms with van der Waals surface area (Å²) >= 11 is 0. The number of benzene rings is 1. The summed E-state index contributed by atoms with van der Waals surface area (Å²) in [5.41, 5.74) is 1.79. The second-order valence-electron chi connectivity index (χ2n) is 5.66. The Bertz CT molecular complexity index is 772. The van der Waals surface area contributed by atoms with E-state index in [0.717, 1.165) is 0 Å². The predicted octanol–water partition coefficient (Wildman–Crippen LogP) is 1.31. The molecule has 2 heterocycles. The van der Waals surface area contributed by atoms with Gasteiger partial charge in [-0.25, -0.2) is 9.37 Å². The van der Waals surface area contributed by atoms with Crippen LogP contribution in [0.15, 0.2) is 30.6 Å². The van der Waals surface area contributed by atoms with Crippen molar-refractivity contribution in [2.45, 2.75) is 18.9 Å². The number of hydrogen-bond donors (Lipinski definition) is 1. The van der Waals surface area contributed by atoms with Gasteiger partial charge in [0.15, 0.2) is 0 Å². The number of aryl methyl sites for hydroxylation is 1. The molecule has 0 aliphatic carbocycles. The van der Waals surface area contributed by atoms with Crippen LogP contribution in [-0.2, 0) is 29.6 Å². The number of carbonyl (C=O) groups excluding carboxylic acids is 1. The summed E-state index contributed by atoms with van der Waals surface area (Å²) in [5, 5.41) is 9.42. The summed E-state index contributed by atoms with van der Waals surface area (Å²) in [4.78, 5) is 29.6. The number of aromatic nitrogens is 2. The van der Waals surface area contributed by atoms with Gasteiger partial charge in [-0.3, -0.25) is 9.59 Å². The zero-order valence-corrected chi connectivity index (χ0v) is 12.6. The van der Waals surface area contributed by atoms with E-state index in [1.807, 2.05) is 0 Å². The van der Waals surface area contributed by atoms with Crippen molar-refractivity contribution in [1.82, 2.24) is 14.5 Å². The normalized spacial score (nSPS) is 17.0. The minimum absolute atomic E-state index is 0.0340. The molecule has 0 bridgehead atoms. The average molecular weight is 317 g/mol. The number of halogens is 1. The molecule has 3 rings (SSSR count). The van der Waals surface area contributed by atoms with Gasteiger partial charge in [0.2, 0.25) is 5.91 Å². The molecule has 1 aliphatic rings. The Labute approximate surface area is 132 Å². The van der Waals surface area contributed by atoms with Gasteiger partial charge in [0.1, 0.15) is 11.7 Å². The highest BCUT2D eigenvalue weighted by molar-refractivity contribution is 5.82. The number of nitrogens with zero attached hydrogens (tertiary/aromatic N) is 3. The monoisotopic (exact) mass is 317 g/mol. The molecule has 120 valence electrons. The summed E-state index contributed by atoms with van der Waals surface area (Å²) in [6, 6.07) is 5.84. The van der Waals surface area contributed by atoms with Gasteiger partial charge in [-0.1, -0.05) is 12.1 Å². The Morgan fingerprint density at radius 3 is 2.91 bits per heavy atom.